The van der Waals surface area contributed by atoms with Crippen molar-refractivity contribution in [2.24, 2.45) is 17.8 Å². The summed E-state index contributed by atoms with van der Waals surface area (Å²) in [6.45, 7) is 3.99. The van der Waals surface area contributed by atoms with Crippen molar-refractivity contribution in [2.75, 3.05) is 0 Å². The molecule has 2 aliphatic carbocycles. The summed E-state index contributed by atoms with van der Waals surface area (Å²) in [5.41, 5.74) is 0. The predicted molar refractivity (Wildman–Crippen MR) is 84.8 cm³/mol. The van der Waals surface area contributed by atoms with Crippen LogP contribution in [0.1, 0.15) is 78.1 Å². The van der Waals surface area contributed by atoms with Gasteiger partial charge in [0.2, 0.25) is 0 Å². The van der Waals surface area contributed by atoms with Crippen LogP contribution in [0.25, 0.3) is 0 Å². The molecule has 3 unspecified atom stereocenters. The van der Waals surface area contributed by atoms with Crippen LogP contribution in [0.2, 0.25) is 0 Å². The molecule has 116 valence electrons. The lowest BCUT2D eigenvalue weighted by Crippen LogP contribution is -2.08. The zero-order valence-electron chi connectivity index (χ0n) is 13.3. The van der Waals surface area contributed by atoms with E-state index in [1.165, 1.54) is 51.4 Å². The Morgan fingerprint density at radius 3 is 2.05 bits per heavy atom. The molecular formula is C18H32O2. The summed E-state index contributed by atoms with van der Waals surface area (Å²) < 4.78 is 0. The third-order valence-electron chi connectivity index (χ3n) is 4.58. The van der Waals surface area contributed by atoms with Gasteiger partial charge in [-0.3, -0.25) is 4.79 Å². The molecule has 2 nitrogen and oxygen atoms in total. The highest BCUT2D eigenvalue weighted by Gasteiger charge is 2.25. The number of unbranched alkanes of at least 4 members (excludes halogenated alkanes) is 5. The zero-order valence-corrected chi connectivity index (χ0v) is 13.3. The summed E-state index contributed by atoms with van der Waals surface area (Å²) in [5, 5.41) is 8.62. The van der Waals surface area contributed by atoms with E-state index in [2.05, 4.69) is 19.1 Å². The van der Waals surface area contributed by atoms with E-state index < -0.39 is 5.97 Å². The summed E-state index contributed by atoms with van der Waals surface area (Å²) in [4.78, 5) is 10.5. The number of carboxylic acids is 1. The average molecular weight is 280 g/mol. The maximum Gasteiger partial charge on any atom is 0.306 e. The predicted octanol–water partition coefficient (Wildman–Crippen LogP) is 5.43. The van der Waals surface area contributed by atoms with Crippen molar-refractivity contribution in [1.29, 1.82) is 0 Å². The van der Waals surface area contributed by atoms with Gasteiger partial charge in [0.05, 0.1) is 5.92 Å². The molecule has 2 aliphatic rings. The van der Waals surface area contributed by atoms with Gasteiger partial charge in [0.15, 0.2) is 0 Å². The standard InChI is InChI=1S/C11H22O2.C7H10/c1-3-4-5-6-7-8-9-10(2)11(12)13;1-2-7-4-3-6(1)5-7/h10H,3-9H2,1-2H3,(H,12,13);1-2,6-7H,3-5H2. The molecule has 3 atom stereocenters. The molecule has 2 heteroatoms. The number of hydrogen-bond acceptors (Lipinski definition) is 1. The summed E-state index contributed by atoms with van der Waals surface area (Å²) in [5.74, 6) is 1.16. The number of allylic oxidation sites excluding steroid dienone is 2. The second-order valence-corrected chi connectivity index (χ2v) is 6.51. The molecule has 0 saturated heterocycles. The van der Waals surface area contributed by atoms with E-state index in [0.717, 1.165) is 24.7 Å². The molecule has 20 heavy (non-hydrogen) atoms. The Balaban J connectivity index is 0.000000233. The SMILES string of the molecule is C1=CC2CCC1C2.CCCCCCCCC(C)C(=O)O. The summed E-state index contributed by atoms with van der Waals surface area (Å²) in [6.07, 6.45) is 17.4. The Hall–Kier alpha value is -0.790. The second kappa shape index (κ2) is 10.0. The van der Waals surface area contributed by atoms with Crippen LogP contribution < -0.4 is 0 Å². The molecule has 1 fully saturated rings. The molecule has 2 bridgehead atoms. The number of rotatable bonds is 8. The fourth-order valence-electron chi connectivity index (χ4n) is 3.07. The summed E-state index contributed by atoms with van der Waals surface area (Å²) >= 11 is 0. The molecule has 0 heterocycles. The van der Waals surface area contributed by atoms with Crippen LogP contribution >= 0.6 is 0 Å². The minimum Gasteiger partial charge on any atom is -0.481 e. The smallest absolute Gasteiger partial charge is 0.306 e. The highest BCUT2D eigenvalue weighted by molar-refractivity contribution is 5.69. The van der Waals surface area contributed by atoms with E-state index in [9.17, 15) is 4.79 Å². The van der Waals surface area contributed by atoms with Gasteiger partial charge >= 0.3 is 5.97 Å². The van der Waals surface area contributed by atoms with Gasteiger partial charge in [-0.25, -0.2) is 0 Å². The van der Waals surface area contributed by atoms with Crippen LogP contribution in [0.15, 0.2) is 12.2 Å². The van der Waals surface area contributed by atoms with E-state index in [1.807, 2.05) is 0 Å². The van der Waals surface area contributed by atoms with Crippen molar-refractivity contribution in [1.82, 2.24) is 0 Å². The van der Waals surface area contributed by atoms with Gasteiger partial charge in [-0.05, 0) is 37.5 Å². The van der Waals surface area contributed by atoms with E-state index in [0.29, 0.717) is 0 Å². The normalized spacial score (nSPS) is 24.3. The third-order valence-corrected chi connectivity index (χ3v) is 4.58. The van der Waals surface area contributed by atoms with Crippen molar-refractivity contribution in [3.63, 3.8) is 0 Å². The second-order valence-electron chi connectivity index (χ2n) is 6.51. The molecule has 1 saturated carbocycles. The summed E-state index contributed by atoms with van der Waals surface area (Å²) in [6, 6.07) is 0. The number of carbonyl (C=O) groups is 1. The molecule has 0 aromatic carbocycles. The van der Waals surface area contributed by atoms with Crippen LogP contribution in [0.5, 0.6) is 0 Å². The monoisotopic (exact) mass is 280 g/mol. The molecule has 0 aromatic rings. The third kappa shape index (κ3) is 7.12. The molecule has 0 spiro atoms. The first-order valence-electron chi connectivity index (χ1n) is 8.54. The van der Waals surface area contributed by atoms with E-state index >= 15 is 0 Å². The summed E-state index contributed by atoms with van der Waals surface area (Å²) in [7, 11) is 0. The Morgan fingerprint density at radius 1 is 1.10 bits per heavy atom. The van der Waals surface area contributed by atoms with Gasteiger partial charge in [-0.2, -0.15) is 0 Å². The lowest BCUT2D eigenvalue weighted by atomic mass is 10.0. The van der Waals surface area contributed by atoms with E-state index in [1.54, 1.807) is 6.92 Å². The minimum atomic E-state index is -0.659. The van der Waals surface area contributed by atoms with Gasteiger partial charge < -0.3 is 5.11 Å². The first-order valence-corrected chi connectivity index (χ1v) is 8.54. The van der Waals surface area contributed by atoms with E-state index in [4.69, 9.17) is 5.11 Å². The topological polar surface area (TPSA) is 37.3 Å². The average Bonchev–Trinajstić information content (AvgIpc) is 3.08. The first kappa shape index (κ1) is 17.3. The molecule has 0 amide bonds. The highest BCUT2D eigenvalue weighted by Crippen LogP contribution is 2.38. The fourth-order valence-corrected chi connectivity index (χ4v) is 3.07. The Labute approximate surface area is 124 Å². The molecular weight excluding hydrogens is 248 g/mol. The van der Waals surface area contributed by atoms with Gasteiger partial charge in [0.1, 0.15) is 0 Å². The van der Waals surface area contributed by atoms with Crippen LogP contribution in [-0.4, -0.2) is 11.1 Å². The molecule has 1 N–H and O–H groups in total. The molecule has 0 aliphatic heterocycles. The number of fused-ring (bicyclic) bond motifs is 2. The van der Waals surface area contributed by atoms with Gasteiger partial charge in [0.25, 0.3) is 0 Å². The van der Waals surface area contributed by atoms with Crippen molar-refractivity contribution >= 4 is 5.97 Å². The van der Waals surface area contributed by atoms with Crippen molar-refractivity contribution in [2.45, 2.75) is 78.1 Å². The van der Waals surface area contributed by atoms with E-state index in [-0.39, 0.29) is 5.92 Å². The highest BCUT2D eigenvalue weighted by atomic mass is 16.4. The Kier molecular flexibility index (Phi) is 8.64. The zero-order chi connectivity index (χ0) is 14.8. The van der Waals surface area contributed by atoms with Crippen LogP contribution in [-0.2, 0) is 4.79 Å². The lowest BCUT2D eigenvalue weighted by molar-refractivity contribution is -0.141. The number of carboxylic acid groups (broad SMARTS) is 1. The van der Waals surface area contributed by atoms with Crippen LogP contribution in [0, 0.1) is 17.8 Å². The van der Waals surface area contributed by atoms with Crippen LogP contribution in [0.3, 0.4) is 0 Å². The van der Waals surface area contributed by atoms with Gasteiger partial charge in [0, 0.05) is 0 Å². The van der Waals surface area contributed by atoms with Crippen LogP contribution in [0.4, 0.5) is 0 Å². The van der Waals surface area contributed by atoms with Gasteiger partial charge in [-0.1, -0.05) is 64.5 Å². The maximum atomic E-state index is 10.5. The molecule has 2 rings (SSSR count). The quantitative estimate of drug-likeness (QED) is 0.475. The maximum absolute atomic E-state index is 10.5. The molecule has 0 aromatic heterocycles. The molecule has 0 radical (unpaired) electrons. The first-order chi connectivity index (χ1) is 9.63. The Bertz CT molecular complexity index is 284. The van der Waals surface area contributed by atoms with Gasteiger partial charge in [-0.15, -0.1) is 0 Å². The lowest BCUT2D eigenvalue weighted by Gasteiger charge is -2.04. The van der Waals surface area contributed by atoms with Crippen molar-refractivity contribution in [3.05, 3.63) is 12.2 Å². The fraction of sp³-hybridized carbons (Fsp3) is 0.833. The van der Waals surface area contributed by atoms with Crippen molar-refractivity contribution < 1.29 is 9.90 Å². The Morgan fingerprint density at radius 2 is 1.65 bits per heavy atom. The number of hydrogen-bond donors (Lipinski definition) is 1. The van der Waals surface area contributed by atoms with Crippen molar-refractivity contribution in [3.8, 4) is 0 Å². The largest absolute Gasteiger partial charge is 0.481 e. The minimum absolute atomic E-state index is 0.161. The number of aliphatic carboxylic acids is 1.